The van der Waals surface area contributed by atoms with E-state index < -0.39 is 15.9 Å². The Kier molecular flexibility index (Phi) is 4.36. The number of nitrogens with zero attached hydrogens (tertiary/aromatic N) is 2. The van der Waals surface area contributed by atoms with Crippen LogP contribution in [0.3, 0.4) is 0 Å². The Bertz CT molecular complexity index is 426. The molecule has 20 heavy (non-hydrogen) atoms. The monoisotopic (exact) mass is 302 g/mol. The molecule has 1 N–H and O–H groups in total. The van der Waals surface area contributed by atoms with Gasteiger partial charge in [-0.05, 0) is 57.8 Å². The van der Waals surface area contributed by atoms with E-state index in [2.05, 4.69) is 9.80 Å². The van der Waals surface area contributed by atoms with Crippen LogP contribution in [0, 0.1) is 5.92 Å². The number of rotatable bonds is 3. The summed E-state index contributed by atoms with van der Waals surface area (Å²) in [6, 6.07) is -0.160. The largest absolute Gasteiger partial charge is 0.390 e. The second-order valence-corrected chi connectivity index (χ2v) is 8.85. The summed E-state index contributed by atoms with van der Waals surface area (Å²) in [5.74, 6) is 0.843. The van der Waals surface area contributed by atoms with Crippen LogP contribution >= 0.6 is 0 Å². The van der Waals surface area contributed by atoms with Gasteiger partial charge >= 0.3 is 0 Å². The lowest BCUT2D eigenvalue weighted by molar-refractivity contribution is 0.0538. The van der Waals surface area contributed by atoms with Gasteiger partial charge in [0.1, 0.15) is 0 Å². The summed E-state index contributed by atoms with van der Waals surface area (Å²) >= 11 is 0. The fourth-order valence-corrected chi connectivity index (χ4v) is 5.79. The molecule has 116 valence electrons. The molecule has 3 rings (SSSR count). The first-order valence-electron chi connectivity index (χ1n) is 7.88. The van der Waals surface area contributed by atoms with Crippen molar-refractivity contribution < 1.29 is 13.5 Å². The van der Waals surface area contributed by atoms with E-state index in [-0.39, 0.29) is 17.5 Å². The molecule has 0 aromatic rings. The second-order valence-electron chi connectivity index (χ2n) is 6.70. The smallest absolute Gasteiger partial charge is 0.154 e. The molecule has 0 amide bonds. The number of aliphatic hydroxyl groups excluding tert-OH is 1. The highest BCUT2D eigenvalue weighted by Gasteiger charge is 2.40. The van der Waals surface area contributed by atoms with Crippen LogP contribution in [0.4, 0.5) is 0 Å². The van der Waals surface area contributed by atoms with E-state index in [0.29, 0.717) is 0 Å². The Balaban J connectivity index is 1.48. The molecule has 0 aliphatic carbocycles. The van der Waals surface area contributed by atoms with Crippen LogP contribution in [0.2, 0.25) is 0 Å². The van der Waals surface area contributed by atoms with Gasteiger partial charge in [-0.15, -0.1) is 0 Å². The molecule has 3 aliphatic rings. The van der Waals surface area contributed by atoms with Crippen molar-refractivity contribution in [3.05, 3.63) is 0 Å². The molecule has 2 atom stereocenters. The molecule has 3 aliphatic heterocycles. The van der Waals surface area contributed by atoms with E-state index in [1.165, 1.54) is 32.5 Å². The van der Waals surface area contributed by atoms with Gasteiger partial charge in [0.25, 0.3) is 0 Å². The van der Waals surface area contributed by atoms with Crippen molar-refractivity contribution in [1.29, 1.82) is 0 Å². The number of aliphatic hydroxyl groups is 1. The number of piperidine rings is 1. The normalized spacial score (nSPS) is 36.6. The first kappa shape index (κ1) is 14.8. The molecular weight excluding hydrogens is 276 g/mol. The SMILES string of the molecule is O=S1(=O)CC(O)C(N2CCC(CN3CCCC3)CC2)C1. The molecule has 3 saturated heterocycles. The molecule has 0 saturated carbocycles. The maximum Gasteiger partial charge on any atom is 0.154 e. The molecule has 0 aromatic heterocycles. The molecule has 2 unspecified atom stereocenters. The molecular formula is C14H26N2O3S. The van der Waals surface area contributed by atoms with Crippen LogP contribution in [-0.2, 0) is 9.84 Å². The van der Waals surface area contributed by atoms with E-state index in [4.69, 9.17) is 0 Å². The van der Waals surface area contributed by atoms with Gasteiger partial charge in [-0.25, -0.2) is 8.42 Å². The highest BCUT2D eigenvalue weighted by molar-refractivity contribution is 7.91. The van der Waals surface area contributed by atoms with Gasteiger partial charge in [-0.3, -0.25) is 4.90 Å². The molecule has 6 heteroatoms. The molecule has 0 aromatic carbocycles. The molecule has 0 bridgehead atoms. The fraction of sp³-hybridized carbons (Fsp3) is 1.00. The topological polar surface area (TPSA) is 60.9 Å². The Morgan fingerprint density at radius 2 is 1.65 bits per heavy atom. The third-order valence-corrected chi connectivity index (χ3v) is 6.83. The maximum absolute atomic E-state index is 11.6. The predicted octanol–water partition coefficient (Wildman–Crippen LogP) is -0.0479. The summed E-state index contributed by atoms with van der Waals surface area (Å²) in [7, 11) is -3.03. The minimum Gasteiger partial charge on any atom is -0.390 e. The van der Waals surface area contributed by atoms with Crippen LogP contribution in [0.5, 0.6) is 0 Å². The highest BCUT2D eigenvalue weighted by atomic mass is 32.2. The number of hydrogen-bond donors (Lipinski definition) is 1. The van der Waals surface area contributed by atoms with Crippen molar-refractivity contribution in [3.8, 4) is 0 Å². The molecule has 0 radical (unpaired) electrons. The fourth-order valence-electron chi connectivity index (χ4n) is 3.96. The van der Waals surface area contributed by atoms with Crippen molar-refractivity contribution in [2.45, 2.75) is 37.8 Å². The average molecular weight is 302 g/mol. The first-order chi connectivity index (χ1) is 9.53. The zero-order valence-corrected chi connectivity index (χ0v) is 12.9. The van der Waals surface area contributed by atoms with Gasteiger partial charge in [0, 0.05) is 6.54 Å². The van der Waals surface area contributed by atoms with Crippen molar-refractivity contribution in [2.75, 3.05) is 44.2 Å². The van der Waals surface area contributed by atoms with Gasteiger partial charge in [-0.2, -0.15) is 0 Å². The van der Waals surface area contributed by atoms with Gasteiger partial charge in [0.15, 0.2) is 9.84 Å². The van der Waals surface area contributed by atoms with Crippen molar-refractivity contribution in [1.82, 2.24) is 9.80 Å². The van der Waals surface area contributed by atoms with Crippen molar-refractivity contribution in [2.24, 2.45) is 5.92 Å². The maximum atomic E-state index is 11.6. The lowest BCUT2D eigenvalue weighted by Gasteiger charge is -2.37. The quantitative estimate of drug-likeness (QED) is 0.792. The van der Waals surface area contributed by atoms with Gasteiger partial charge in [0.05, 0.1) is 23.7 Å². The second kappa shape index (κ2) is 5.91. The first-order valence-corrected chi connectivity index (χ1v) is 9.70. The zero-order valence-electron chi connectivity index (χ0n) is 12.1. The van der Waals surface area contributed by atoms with E-state index >= 15 is 0 Å². The van der Waals surface area contributed by atoms with E-state index in [1.807, 2.05) is 0 Å². The summed E-state index contributed by atoms with van der Waals surface area (Å²) < 4.78 is 23.2. The highest BCUT2D eigenvalue weighted by Crippen LogP contribution is 2.26. The number of sulfone groups is 1. The Morgan fingerprint density at radius 1 is 1.00 bits per heavy atom. The Labute approximate surface area is 121 Å². The van der Waals surface area contributed by atoms with Crippen LogP contribution in [0.25, 0.3) is 0 Å². The Morgan fingerprint density at radius 3 is 2.20 bits per heavy atom. The number of likely N-dealkylation sites (tertiary alicyclic amines) is 2. The van der Waals surface area contributed by atoms with Crippen LogP contribution in [-0.4, -0.2) is 79.7 Å². The standard InChI is InChI=1S/C14H26N2O3S/c17-14-11-20(18,19)10-13(14)16-7-3-12(4-8-16)9-15-5-1-2-6-15/h12-14,17H,1-11H2. The van der Waals surface area contributed by atoms with E-state index in [0.717, 1.165) is 31.8 Å². The lowest BCUT2D eigenvalue weighted by Crippen LogP contribution is -2.48. The summed E-state index contributed by atoms with van der Waals surface area (Å²) in [5.41, 5.74) is 0. The van der Waals surface area contributed by atoms with Crippen molar-refractivity contribution >= 4 is 9.84 Å². The number of hydrogen-bond acceptors (Lipinski definition) is 5. The molecule has 3 heterocycles. The van der Waals surface area contributed by atoms with E-state index in [9.17, 15) is 13.5 Å². The summed E-state index contributed by atoms with van der Waals surface area (Å²) in [4.78, 5) is 4.77. The van der Waals surface area contributed by atoms with E-state index in [1.54, 1.807) is 0 Å². The molecule has 5 nitrogen and oxygen atoms in total. The van der Waals surface area contributed by atoms with Crippen molar-refractivity contribution in [3.63, 3.8) is 0 Å². The lowest BCUT2D eigenvalue weighted by atomic mass is 9.94. The summed E-state index contributed by atoms with van der Waals surface area (Å²) in [5, 5.41) is 9.94. The molecule has 0 spiro atoms. The van der Waals surface area contributed by atoms with Gasteiger partial charge in [0.2, 0.25) is 0 Å². The minimum absolute atomic E-state index is 0.0502. The Hall–Kier alpha value is -0.170. The summed E-state index contributed by atoms with van der Waals surface area (Å²) in [6.45, 7) is 5.59. The van der Waals surface area contributed by atoms with Crippen LogP contribution in [0.1, 0.15) is 25.7 Å². The van der Waals surface area contributed by atoms with Gasteiger partial charge < -0.3 is 10.0 Å². The van der Waals surface area contributed by atoms with Gasteiger partial charge in [-0.1, -0.05) is 0 Å². The third-order valence-electron chi connectivity index (χ3n) is 5.13. The minimum atomic E-state index is -3.03. The average Bonchev–Trinajstić information content (AvgIpc) is 2.98. The third kappa shape index (κ3) is 3.35. The summed E-state index contributed by atoms with van der Waals surface area (Å²) in [6.07, 6.45) is 4.27. The zero-order chi connectivity index (χ0) is 14.2. The van der Waals surface area contributed by atoms with Crippen LogP contribution in [0.15, 0.2) is 0 Å². The molecule has 3 fully saturated rings. The van der Waals surface area contributed by atoms with Crippen LogP contribution < -0.4 is 0 Å². The predicted molar refractivity (Wildman–Crippen MR) is 78.4 cm³/mol.